The van der Waals surface area contributed by atoms with E-state index in [1.165, 1.54) is 6.20 Å². The van der Waals surface area contributed by atoms with Crippen molar-refractivity contribution in [2.45, 2.75) is 6.92 Å². The Labute approximate surface area is 110 Å². The molecule has 7 nitrogen and oxygen atoms in total. The molecule has 1 amide bonds. The number of methoxy groups -OCH3 is 1. The van der Waals surface area contributed by atoms with Crippen LogP contribution in [0.2, 0.25) is 0 Å². The van der Waals surface area contributed by atoms with Crippen LogP contribution in [-0.4, -0.2) is 41.0 Å². The lowest BCUT2D eigenvalue weighted by Gasteiger charge is -2.05. The maximum atomic E-state index is 11.8. The van der Waals surface area contributed by atoms with E-state index in [-0.39, 0.29) is 5.91 Å². The Bertz CT molecular complexity index is 594. The van der Waals surface area contributed by atoms with Crippen molar-refractivity contribution in [3.8, 4) is 0 Å². The highest BCUT2D eigenvalue weighted by molar-refractivity contribution is 5.96. The summed E-state index contributed by atoms with van der Waals surface area (Å²) in [4.78, 5) is 21.0. The molecule has 0 saturated heterocycles. The second kappa shape index (κ2) is 5.77. The minimum atomic E-state index is -0.339. The van der Waals surface area contributed by atoms with Gasteiger partial charge >= 0.3 is 0 Å². The van der Waals surface area contributed by atoms with Gasteiger partial charge < -0.3 is 4.74 Å². The van der Waals surface area contributed by atoms with E-state index in [0.29, 0.717) is 18.8 Å². The Morgan fingerprint density at radius 1 is 1.47 bits per heavy atom. The van der Waals surface area contributed by atoms with Crippen LogP contribution >= 0.6 is 0 Å². The van der Waals surface area contributed by atoms with Crippen molar-refractivity contribution in [2.24, 2.45) is 7.05 Å². The number of nitrogens with one attached hydrogen (secondary N) is 1. The summed E-state index contributed by atoms with van der Waals surface area (Å²) in [5, 5.41) is 5.11. The molecule has 2 rings (SSSR count). The molecule has 19 heavy (non-hydrogen) atoms. The first kappa shape index (κ1) is 13.4. The Morgan fingerprint density at radius 3 is 3.00 bits per heavy atom. The van der Waals surface area contributed by atoms with Gasteiger partial charge in [-0.3, -0.25) is 14.3 Å². The maximum Gasteiger partial charge on any atom is 0.276 e. The molecule has 0 aromatic carbocycles. The zero-order chi connectivity index (χ0) is 13.8. The number of rotatable bonds is 5. The van der Waals surface area contributed by atoms with Crippen molar-refractivity contribution in [2.75, 3.05) is 20.3 Å². The van der Waals surface area contributed by atoms with Crippen molar-refractivity contribution in [1.82, 2.24) is 20.2 Å². The van der Waals surface area contributed by atoms with Gasteiger partial charge in [0, 0.05) is 25.7 Å². The van der Waals surface area contributed by atoms with Crippen molar-refractivity contribution in [3.05, 3.63) is 23.5 Å². The number of hydroxylamine groups is 1. The monoisotopic (exact) mass is 264 g/mol. The summed E-state index contributed by atoms with van der Waals surface area (Å²) in [5.74, 6) is -0.339. The summed E-state index contributed by atoms with van der Waals surface area (Å²) in [5.41, 5.74) is 4.35. The molecule has 0 fully saturated rings. The molecule has 0 spiro atoms. The third kappa shape index (κ3) is 2.88. The van der Waals surface area contributed by atoms with Gasteiger partial charge in [-0.1, -0.05) is 0 Å². The Hall–Kier alpha value is -1.99. The predicted molar refractivity (Wildman–Crippen MR) is 68.5 cm³/mol. The summed E-state index contributed by atoms with van der Waals surface area (Å²) in [6.07, 6.45) is 1.50. The van der Waals surface area contributed by atoms with Gasteiger partial charge in [-0.05, 0) is 13.0 Å². The zero-order valence-electron chi connectivity index (χ0n) is 11.1. The van der Waals surface area contributed by atoms with Crippen LogP contribution in [0.3, 0.4) is 0 Å². The van der Waals surface area contributed by atoms with E-state index in [9.17, 15) is 4.79 Å². The standard InChI is InChI=1S/C12H16N4O3/c1-8-10-6-9(7-13-11(10)16(2)14-8)12(17)15-19-5-4-18-3/h6-7H,4-5H2,1-3H3,(H,15,17). The van der Waals surface area contributed by atoms with E-state index in [4.69, 9.17) is 9.57 Å². The molecule has 2 aromatic heterocycles. The van der Waals surface area contributed by atoms with Crippen molar-refractivity contribution in [1.29, 1.82) is 0 Å². The summed E-state index contributed by atoms with van der Waals surface area (Å²) in [6, 6.07) is 1.75. The van der Waals surface area contributed by atoms with Gasteiger partial charge in [-0.25, -0.2) is 10.5 Å². The molecular formula is C12H16N4O3. The fourth-order valence-corrected chi connectivity index (χ4v) is 1.73. The van der Waals surface area contributed by atoms with Crippen molar-refractivity contribution < 1.29 is 14.4 Å². The summed E-state index contributed by atoms with van der Waals surface area (Å²) in [6.45, 7) is 2.59. The Kier molecular flexibility index (Phi) is 4.08. The molecule has 0 atom stereocenters. The lowest BCUT2D eigenvalue weighted by Crippen LogP contribution is -2.25. The summed E-state index contributed by atoms with van der Waals surface area (Å²) in [7, 11) is 3.38. The van der Waals surface area contributed by atoms with Crippen LogP contribution < -0.4 is 5.48 Å². The molecule has 7 heteroatoms. The van der Waals surface area contributed by atoms with Crippen LogP contribution in [0.1, 0.15) is 16.1 Å². The molecule has 0 aliphatic rings. The van der Waals surface area contributed by atoms with Crippen LogP contribution in [0, 0.1) is 6.92 Å². The lowest BCUT2D eigenvalue weighted by atomic mass is 10.2. The maximum absolute atomic E-state index is 11.8. The number of nitrogens with zero attached hydrogens (tertiary/aromatic N) is 3. The fraction of sp³-hybridized carbons (Fsp3) is 0.417. The van der Waals surface area contributed by atoms with E-state index in [1.54, 1.807) is 17.9 Å². The van der Waals surface area contributed by atoms with E-state index in [0.717, 1.165) is 16.7 Å². The topological polar surface area (TPSA) is 78.3 Å². The third-order valence-electron chi connectivity index (χ3n) is 2.68. The second-order valence-corrected chi connectivity index (χ2v) is 4.08. The van der Waals surface area contributed by atoms with Crippen LogP contribution in [0.15, 0.2) is 12.3 Å². The lowest BCUT2D eigenvalue weighted by molar-refractivity contribution is 0.00887. The molecular weight excluding hydrogens is 248 g/mol. The zero-order valence-corrected chi connectivity index (χ0v) is 11.1. The number of hydrogen-bond donors (Lipinski definition) is 1. The van der Waals surface area contributed by atoms with Crippen LogP contribution in [0.25, 0.3) is 11.0 Å². The van der Waals surface area contributed by atoms with Gasteiger partial charge in [-0.2, -0.15) is 5.10 Å². The van der Waals surface area contributed by atoms with Gasteiger partial charge in [-0.15, -0.1) is 0 Å². The van der Waals surface area contributed by atoms with Crippen LogP contribution in [0.4, 0.5) is 0 Å². The quantitative estimate of drug-likeness (QED) is 0.631. The van der Waals surface area contributed by atoms with Gasteiger partial charge in [0.1, 0.15) is 0 Å². The molecule has 1 N–H and O–H groups in total. The molecule has 0 radical (unpaired) electrons. The molecule has 2 heterocycles. The van der Waals surface area contributed by atoms with Gasteiger partial charge in [0.15, 0.2) is 5.65 Å². The Balaban J connectivity index is 2.12. The number of aryl methyl sites for hydroxylation is 2. The van der Waals surface area contributed by atoms with Gasteiger partial charge in [0.05, 0.1) is 24.5 Å². The number of aromatic nitrogens is 3. The average molecular weight is 264 g/mol. The highest BCUT2D eigenvalue weighted by Gasteiger charge is 2.11. The predicted octanol–water partition coefficient (Wildman–Crippen LogP) is 0.585. The smallest absolute Gasteiger partial charge is 0.276 e. The third-order valence-corrected chi connectivity index (χ3v) is 2.68. The van der Waals surface area contributed by atoms with Crippen molar-refractivity contribution in [3.63, 3.8) is 0 Å². The largest absolute Gasteiger partial charge is 0.382 e. The van der Waals surface area contributed by atoms with E-state index in [2.05, 4.69) is 15.6 Å². The van der Waals surface area contributed by atoms with E-state index >= 15 is 0 Å². The number of fused-ring (bicyclic) bond motifs is 1. The second-order valence-electron chi connectivity index (χ2n) is 4.08. The van der Waals surface area contributed by atoms with E-state index in [1.807, 2.05) is 14.0 Å². The summed E-state index contributed by atoms with van der Waals surface area (Å²) >= 11 is 0. The number of carbonyl (C=O) groups is 1. The van der Waals surface area contributed by atoms with E-state index < -0.39 is 0 Å². The minimum Gasteiger partial charge on any atom is -0.382 e. The highest BCUT2D eigenvalue weighted by Crippen LogP contribution is 2.16. The SMILES string of the molecule is COCCONC(=O)c1cnc2c(c1)c(C)nn2C. The number of ether oxygens (including phenoxy) is 1. The Morgan fingerprint density at radius 2 is 2.26 bits per heavy atom. The van der Waals surface area contributed by atoms with Crippen molar-refractivity contribution >= 4 is 16.9 Å². The first-order valence-corrected chi connectivity index (χ1v) is 5.84. The number of amides is 1. The molecule has 102 valence electrons. The van der Waals surface area contributed by atoms with Crippen LogP contribution in [-0.2, 0) is 16.6 Å². The minimum absolute atomic E-state index is 0.295. The fourth-order valence-electron chi connectivity index (χ4n) is 1.73. The average Bonchev–Trinajstić information content (AvgIpc) is 2.69. The highest BCUT2D eigenvalue weighted by atomic mass is 16.7. The summed E-state index contributed by atoms with van der Waals surface area (Å²) < 4.78 is 6.49. The van der Waals surface area contributed by atoms with Crippen LogP contribution in [0.5, 0.6) is 0 Å². The molecule has 0 aliphatic heterocycles. The first-order chi connectivity index (χ1) is 9.13. The molecule has 0 aliphatic carbocycles. The van der Waals surface area contributed by atoms with Gasteiger partial charge in [0.25, 0.3) is 5.91 Å². The first-order valence-electron chi connectivity index (χ1n) is 5.84. The molecule has 0 bridgehead atoms. The molecule has 0 unspecified atom stereocenters. The number of hydrogen-bond acceptors (Lipinski definition) is 5. The normalized spacial score (nSPS) is 10.9. The molecule has 0 saturated carbocycles. The molecule has 2 aromatic rings. The number of pyridine rings is 1. The number of carbonyl (C=O) groups excluding carboxylic acids is 1. The van der Waals surface area contributed by atoms with Gasteiger partial charge in [0.2, 0.25) is 0 Å².